The monoisotopic (exact) mass is 471 g/mol. The molecule has 0 N–H and O–H groups in total. The van der Waals surface area contributed by atoms with Crippen LogP contribution >= 0.6 is 11.6 Å². The van der Waals surface area contributed by atoms with Crippen molar-refractivity contribution in [3.05, 3.63) is 53.3 Å². The summed E-state index contributed by atoms with van der Waals surface area (Å²) in [5.74, 6) is 0.860. The summed E-state index contributed by atoms with van der Waals surface area (Å²) in [4.78, 5) is 7.40. The summed E-state index contributed by atoms with van der Waals surface area (Å²) >= 11 is 6.25. The third-order valence-corrected chi connectivity index (χ3v) is 7.38. The zero-order chi connectivity index (χ0) is 22.5. The normalized spacial score (nSPS) is 17.7. The van der Waals surface area contributed by atoms with Gasteiger partial charge in [-0.1, -0.05) is 30.7 Å². The second kappa shape index (κ2) is 8.17. The maximum atomic E-state index is 12.3. The molecular weight excluding hydrogens is 446 g/mol. The molecule has 9 heteroatoms. The molecule has 1 aliphatic rings. The average molecular weight is 472 g/mol. The van der Waals surface area contributed by atoms with Gasteiger partial charge in [-0.05, 0) is 49.7 Å². The maximum absolute atomic E-state index is 12.3. The predicted octanol–water partition coefficient (Wildman–Crippen LogP) is 4.15. The van der Waals surface area contributed by atoms with Crippen LogP contribution in [-0.2, 0) is 16.4 Å². The first kappa shape index (κ1) is 21.4. The minimum atomic E-state index is -3.45. The van der Waals surface area contributed by atoms with E-state index in [1.165, 1.54) is 6.26 Å². The van der Waals surface area contributed by atoms with E-state index in [1.54, 1.807) is 10.7 Å². The van der Waals surface area contributed by atoms with Crippen LogP contribution in [0, 0.1) is 0 Å². The number of halogens is 1. The lowest BCUT2D eigenvalue weighted by Crippen LogP contribution is -2.23. The molecule has 0 spiro atoms. The van der Waals surface area contributed by atoms with Crippen LogP contribution < -0.4 is 0 Å². The number of hydrogen-bond acceptors (Lipinski definition) is 5. The molecule has 7 nitrogen and oxygen atoms in total. The highest BCUT2D eigenvalue weighted by molar-refractivity contribution is 7.90. The van der Waals surface area contributed by atoms with E-state index in [1.807, 2.05) is 36.4 Å². The summed E-state index contributed by atoms with van der Waals surface area (Å²) in [7, 11) is -3.45. The molecule has 3 heterocycles. The number of likely N-dealkylation sites (tertiary alicyclic amines) is 1. The summed E-state index contributed by atoms with van der Waals surface area (Å²) < 4.78 is 28.8. The molecule has 0 aliphatic carbocycles. The number of aromatic nitrogens is 4. The summed E-state index contributed by atoms with van der Waals surface area (Å²) in [5, 5.41) is 5.88. The van der Waals surface area contributed by atoms with Crippen LogP contribution in [0.15, 0.2) is 47.5 Å². The predicted molar refractivity (Wildman–Crippen MR) is 127 cm³/mol. The van der Waals surface area contributed by atoms with Crippen molar-refractivity contribution in [3.63, 3.8) is 0 Å². The number of para-hydroxylation sites is 1. The standard InChI is InChI=1S/C23H26ClN5O2S/c1-3-11-27-12-10-17(14-27)29-21-9-8-16(24)13-19(21)25-22(29)15-28-20-7-5-4-6-18(20)23(26-28)32(2,30)31/h4-9,13,17H,3,10-12,14-15H2,1-2H3/t17-/m1/s1. The number of imidazole rings is 1. The van der Waals surface area contributed by atoms with Gasteiger partial charge in [0.05, 0.1) is 23.1 Å². The van der Waals surface area contributed by atoms with Gasteiger partial charge in [0.25, 0.3) is 0 Å². The van der Waals surface area contributed by atoms with E-state index in [0.29, 0.717) is 23.0 Å². The summed E-state index contributed by atoms with van der Waals surface area (Å²) in [6.07, 6.45) is 3.38. The summed E-state index contributed by atoms with van der Waals surface area (Å²) in [6.45, 7) is 5.71. The number of nitrogens with zero attached hydrogens (tertiary/aromatic N) is 5. The lowest BCUT2D eigenvalue weighted by molar-refractivity contribution is 0.324. The van der Waals surface area contributed by atoms with Crippen molar-refractivity contribution in [2.45, 2.75) is 37.4 Å². The molecule has 1 atom stereocenters. The fraction of sp³-hybridized carbons (Fsp3) is 0.391. The minimum absolute atomic E-state index is 0.105. The lowest BCUT2D eigenvalue weighted by atomic mass is 10.2. The Hall–Kier alpha value is -2.42. The molecule has 5 rings (SSSR count). The van der Waals surface area contributed by atoms with Gasteiger partial charge in [-0.3, -0.25) is 4.68 Å². The molecule has 1 aliphatic heterocycles. The van der Waals surface area contributed by atoms with E-state index in [2.05, 4.69) is 21.5 Å². The SMILES string of the molecule is CCCN1CC[C@@H](n2c(Cn3nc(S(C)(=O)=O)c4ccccc43)nc3cc(Cl)ccc32)C1. The first-order valence-corrected chi connectivity index (χ1v) is 13.2. The second-order valence-electron chi connectivity index (χ2n) is 8.53. The van der Waals surface area contributed by atoms with Gasteiger partial charge in [0.2, 0.25) is 0 Å². The van der Waals surface area contributed by atoms with Gasteiger partial charge in [-0.2, -0.15) is 5.10 Å². The Labute approximate surface area is 192 Å². The third kappa shape index (κ3) is 3.80. The lowest BCUT2D eigenvalue weighted by Gasteiger charge is -2.19. The van der Waals surface area contributed by atoms with Crippen molar-refractivity contribution < 1.29 is 8.42 Å². The molecule has 168 valence electrons. The molecule has 0 unspecified atom stereocenters. The first-order chi connectivity index (χ1) is 15.3. The minimum Gasteiger partial charge on any atom is -0.322 e. The fourth-order valence-electron chi connectivity index (χ4n) is 4.81. The van der Waals surface area contributed by atoms with E-state index in [-0.39, 0.29) is 5.03 Å². The van der Waals surface area contributed by atoms with Gasteiger partial charge in [0, 0.05) is 35.8 Å². The zero-order valence-corrected chi connectivity index (χ0v) is 19.8. The molecule has 1 fully saturated rings. The highest BCUT2D eigenvalue weighted by Gasteiger charge is 2.28. The van der Waals surface area contributed by atoms with Crippen molar-refractivity contribution in [1.82, 2.24) is 24.2 Å². The molecule has 0 saturated carbocycles. The number of benzene rings is 2. The Kier molecular flexibility index (Phi) is 5.47. The number of sulfone groups is 1. The number of fused-ring (bicyclic) bond motifs is 2. The van der Waals surface area contributed by atoms with Crippen LogP contribution in [0.1, 0.15) is 31.6 Å². The number of hydrogen-bond donors (Lipinski definition) is 0. The van der Waals surface area contributed by atoms with E-state index >= 15 is 0 Å². The highest BCUT2D eigenvalue weighted by atomic mass is 35.5. The van der Waals surface area contributed by atoms with Crippen LogP contribution in [0.3, 0.4) is 0 Å². The maximum Gasteiger partial charge on any atom is 0.195 e. The number of rotatable bonds is 6. The molecule has 0 amide bonds. The van der Waals surface area contributed by atoms with Crippen molar-refractivity contribution in [2.75, 3.05) is 25.9 Å². The molecule has 2 aromatic heterocycles. The Balaban J connectivity index is 1.63. The van der Waals surface area contributed by atoms with E-state index in [9.17, 15) is 8.42 Å². The quantitative estimate of drug-likeness (QED) is 0.422. The van der Waals surface area contributed by atoms with Crippen LogP contribution in [0.25, 0.3) is 21.9 Å². The molecule has 0 radical (unpaired) electrons. The van der Waals surface area contributed by atoms with E-state index < -0.39 is 9.84 Å². The largest absolute Gasteiger partial charge is 0.322 e. The summed E-state index contributed by atoms with van der Waals surface area (Å²) in [5.41, 5.74) is 2.68. The Morgan fingerprint density at radius 1 is 1.16 bits per heavy atom. The fourth-order valence-corrected chi connectivity index (χ4v) is 5.79. The smallest absolute Gasteiger partial charge is 0.195 e. The Morgan fingerprint density at radius 2 is 1.97 bits per heavy atom. The second-order valence-corrected chi connectivity index (χ2v) is 10.9. The molecular formula is C23H26ClN5O2S. The van der Waals surface area contributed by atoms with Crippen LogP contribution in [-0.4, -0.2) is 58.5 Å². The molecule has 0 bridgehead atoms. The van der Waals surface area contributed by atoms with Gasteiger partial charge in [-0.25, -0.2) is 13.4 Å². The molecule has 32 heavy (non-hydrogen) atoms. The topological polar surface area (TPSA) is 73.0 Å². The molecule has 2 aromatic carbocycles. The van der Waals surface area contributed by atoms with Crippen molar-refractivity contribution >= 4 is 43.4 Å². The van der Waals surface area contributed by atoms with Gasteiger partial charge < -0.3 is 9.47 Å². The van der Waals surface area contributed by atoms with Gasteiger partial charge >= 0.3 is 0 Å². The van der Waals surface area contributed by atoms with Crippen molar-refractivity contribution in [1.29, 1.82) is 0 Å². The zero-order valence-electron chi connectivity index (χ0n) is 18.2. The first-order valence-electron chi connectivity index (χ1n) is 10.9. The van der Waals surface area contributed by atoms with Crippen molar-refractivity contribution in [2.24, 2.45) is 0 Å². The van der Waals surface area contributed by atoms with E-state index in [4.69, 9.17) is 16.6 Å². The van der Waals surface area contributed by atoms with Gasteiger partial charge in [0.1, 0.15) is 5.82 Å². The highest BCUT2D eigenvalue weighted by Crippen LogP contribution is 2.31. The van der Waals surface area contributed by atoms with E-state index in [0.717, 1.165) is 54.9 Å². The van der Waals surface area contributed by atoms with Crippen LogP contribution in [0.2, 0.25) is 5.02 Å². The summed E-state index contributed by atoms with van der Waals surface area (Å²) in [6, 6.07) is 13.6. The van der Waals surface area contributed by atoms with Crippen LogP contribution in [0.4, 0.5) is 0 Å². The van der Waals surface area contributed by atoms with Crippen molar-refractivity contribution in [3.8, 4) is 0 Å². The third-order valence-electron chi connectivity index (χ3n) is 6.14. The molecule has 4 aromatic rings. The van der Waals surface area contributed by atoms with Crippen LogP contribution in [0.5, 0.6) is 0 Å². The molecule has 1 saturated heterocycles. The van der Waals surface area contributed by atoms with Gasteiger partial charge in [-0.15, -0.1) is 0 Å². The Bertz CT molecular complexity index is 1410. The van der Waals surface area contributed by atoms with Gasteiger partial charge in [0.15, 0.2) is 14.9 Å². The average Bonchev–Trinajstić information content (AvgIpc) is 3.43. The Morgan fingerprint density at radius 3 is 2.75 bits per heavy atom.